The lowest BCUT2D eigenvalue weighted by molar-refractivity contribution is -0.143. The number of nitrogens with one attached hydrogen (secondary N) is 2. The Balaban J connectivity index is 1.81. The molecule has 2 rings (SSSR count). The number of hydrogen-bond acceptors (Lipinski definition) is 3. The van der Waals surface area contributed by atoms with Crippen molar-refractivity contribution in [3.8, 4) is 0 Å². The third kappa shape index (κ3) is 5.77. The first kappa shape index (κ1) is 18.8. The van der Waals surface area contributed by atoms with Crippen LogP contribution in [-0.2, 0) is 16.1 Å². The number of aliphatic carboxylic acids is 1. The quantitative estimate of drug-likeness (QED) is 0.736. The molecule has 1 aliphatic rings. The van der Waals surface area contributed by atoms with Gasteiger partial charge in [0.05, 0.1) is 5.92 Å². The molecule has 0 spiro atoms. The minimum Gasteiger partial charge on any atom is -0.481 e. The summed E-state index contributed by atoms with van der Waals surface area (Å²) >= 11 is 0. The number of amides is 3. The summed E-state index contributed by atoms with van der Waals surface area (Å²) in [4.78, 5) is 36.4. The molecule has 7 nitrogen and oxygen atoms in total. The van der Waals surface area contributed by atoms with Crippen molar-refractivity contribution in [1.82, 2.24) is 10.2 Å². The Morgan fingerprint density at radius 1 is 1.24 bits per heavy atom. The fourth-order valence-corrected chi connectivity index (χ4v) is 2.81. The highest BCUT2D eigenvalue weighted by Gasteiger charge is 2.27. The SMILES string of the molecule is CCCC(=O)Nc1ccc(CNC(=O)N2CCC[C@H](C(=O)O)C2)cc1. The fourth-order valence-electron chi connectivity index (χ4n) is 2.81. The van der Waals surface area contributed by atoms with Crippen LogP contribution < -0.4 is 10.6 Å². The zero-order chi connectivity index (χ0) is 18.2. The van der Waals surface area contributed by atoms with Crippen molar-refractivity contribution < 1.29 is 19.5 Å². The largest absolute Gasteiger partial charge is 0.481 e. The molecule has 25 heavy (non-hydrogen) atoms. The summed E-state index contributed by atoms with van der Waals surface area (Å²) in [5.41, 5.74) is 1.64. The summed E-state index contributed by atoms with van der Waals surface area (Å²) in [5, 5.41) is 14.7. The van der Waals surface area contributed by atoms with Gasteiger partial charge in [0.2, 0.25) is 5.91 Å². The van der Waals surface area contributed by atoms with Gasteiger partial charge in [-0.15, -0.1) is 0 Å². The van der Waals surface area contributed by atoms with E-state index in [0.717, 1.165) is 17.7 Å². The molecular weight excluding hydrogens is 322 g/mol. The molecule has 0 bridgehead atoms. The van der Waals surface area contributed by atoms with Gasteiger partial charge in [-0.1, -0.05) is 19.1 Å². The maximum Gasteiger partial charge on any atom is 0.317 e. The third-order valence-corrected chi connectivity index (χ3v) is 4.22. The number of rotatable bonds is 6. The van der Waals surface area contributed by atoms with Gasteiger partial charge in [0.1, 0.15) is 0 Å². The summed E-state index contributed by atoms with van der Waals surface area (Å²) in [6.45, 7) is 3.14. The van der Waals surface area contributed by atoms with Crippen LogP contribution in [0.3, 0.4) is 0 Å². The number of benzene rings is 1. The van der Waals surface area contributed by atoms with Gasteiger partial charge in [0.25, 0.3) is 0 Å². The van der Waals surface area contributed by atoms with E-state index in [1.165, 1.54) is 0 Å². The molecule has 1 aromatic carbocycles. The van der Waals surface area contributed by atoms with E-state index in [1.807, 2.05) is 19.1 Å². The first-order chi connectivity index (χ1) is 12.0. The molecule has 0 aromatic heterocycles. The van der Waals surface area contributed by atoms with E-state index in [1.54, 1.807) is 17.0 Å². The highest BCUT2D eigenvalue weighted by Crippen LogP contribution is 2.17. The highest BCUT2D eigenvalue weighted by atomic mass is 16.4. The maximum atomic E-state index is 12.2. The van der Waals surface area contributed by atoms with E-state index >= 15 is 0 Å². The molecule has 0 aliphatic carbocycles. The number of piperidine rings is 1. The van der Waals surface area contributed by atoms with Gasteiger partial charge in [0, 0.05) is 31.7 Å². The lowest BCUT2D eigenvalue weighted by Gasteiger charge is -2.30. The second kappa shape index (κ2) is 9.05. The predicted octanol–water partition coefficient (Wildman–Crippen LogP) is 2.43. The van der Waals surface area contributed by atoms with Crippen LogP contribution in [0.2, 0.25) is 0 Å². The average molecular weight is 347 g/mol. The smallest absolute Gasteiger partial charge is 0.317 e. The van der Waals surface area contributed by atoms with Crippen molar-refractivity contribution in [2.45, 2.75) is 39.2 Å². The van der Waals surface area contributed by atoms with Gasteiger partial charge in [-0.2, -0.15) is 0 Å². The van der Waals surface area contributed by atoms with Crippen molar-refractivity contribution >= 4 is 23.6 Å². The Bertz CT molecular complexity index is 615. The second-order valence-corrected chi connectivity index (χ2v) is 6.28. The van der Waals surface area contributed by atoms with Crippen LogP contribution in [-0.4, -0.2) is 41.0 Å². The topological polar surface area (TPSA) is 98.7 Å². The van der Waals surface area contributed by atoms with Gasteiger partial charge in [0.15, 0.2) is 0 Å². The van der Waals surface area contributed by atoms with Gasteiger partial charge < -0.3 is 20.6 Å². The summed E-state index contributed by atoms with van der Waals surface area (Å²) in [5.74, 6) is -1.34. The van der Waals surface area contributed by atoms with Crippen LogP contribution in [0.1, 0.15) is 38.2 Å². The van der Waals surface area contributed by atoms with Crippen molar-refractivity contribution in [1.29, 1.82) is 0 Å². The molecule has 1 fully saturated rings. The second-order valence-electron chi connectivity index (χ2n) is 6.28. The van der Waals surface area contributed by atoms with Crippen molar-refractivity contribution in [2.75, 3.05) is 18.4 Å². The van der Waals surface area contributed by atoms with Crippen LogP contribution in [0.4, 0.5) is 10.5 Å². The van der Waals surface area contributed by atoms with Crippen molar-refractivity contribution in [3.05, 3.63) is 29.8 Å². The monoisotopic (exact) mass is 347 g/mol. The Hall–Kier alpha value is -2.57. The molecule has 1 atom stereocenters. The molecule has 0 saturated carbocycles. The number of carbonyl (C=O) groups is 3. The molecular formula is C18H25N3O4. The van der Waals surface area contributed by atoms with E-state index in [2.05, 4.69) is 10.6 Å². The summed E-state index contributed by atoms with van der Waals surface area (Å²) < 4.78 is 0. The lowest BCUT2D eigenvalue weighted by atomic mass is 9.99. The van der Waals surface area contributed by atoms with E-state index in [4.69, 9.17) is 5.11 Å². The molecule has 1 aromatic rings. The Kier molecular flexibility index (Phi) is 6.80. The highest BCUT2D eigenvalue weighted by molar-refractivity contribution is 5.90. The number of anilines is 1. The average Bonchev–Trinajstić information content (AvgIpc) is 2.61. The standard InChI is InChI=1S/C18H25N3O4/c1-2-4-16(22)20-15-8-6-13(7-9-15)11-19-18(25)21-10-3-5-14(12-21)17(23)24/h6-9,14H,2-5,10-12H2,1H3,(H,19,25)(H,20,22)(H,23,24)/t14-/m0/s1. The number of urea groups is 1. The van der Waals surface area contributed by atoms with E-state index in [0.29, 0.717) is 32.4 Å². The third-order valence-electron chi connectivity index (χ3n) is 4.22. The fraction of sp³-hybridized carbons (Fsp3) is 0.500. The van der Waals surface area contributed by atoms with Gasteiger partial charge in [-0.05, 0) is 37.0 Å². The zero-order valence-electron chi connectivity index (χ0n) is 14.5. The number of likely N-dealkylation sites (tertiary alicyclic amines) is 1. The van der Waals surface area contributed by atoms with Crippen LogP contribution in [0.5, 0.6) is 0 Å². The number of carbonyl (C=O) groups excluding carboxylic acids is 2. The summed E-state index contributed by atoms with van der Waals surface area (Å²) in [6.07, 6.45) is 2.61. The molecule has 7 heteroatoms. The van der Waals surface area contributed by atoms with E-state index in [9.17, 15) is 14.4 Å². The number of carboxylic acid groups (broad SMARTS) is 1. The van der Waals surface area contributed by atoms with Crippen molar-refractivity contribution in [2.24, 2.45) is 5.92 Å². The molecule has 1 heterocycles. The predicted molar refractivity (Wildman–Crippen MR) is 94.1 cm³/mol. The molecule has 1 aliphatic heterocycles. The van der Waals surface area contributed by atoms with Crippen LogP contribution in [0.25, 0.3) is 0 Å². The first-order valence-electron chi connectivity index (χ1n) is 8.64. The summed E-state index contributed by atoms with van der Waals surface area (Å²) in [7, 11) is 0. The lowest BCUT2D eigenvalue weighted by Crippen LogP contribution is -2.46. The molecule has 0 unspecified atom stereocenters. The molecule has 0 radical (unpaired) electrons. The first-order valence-corrected chi connectivity index (χ1v) is 8.64. The van der Waals surface area contributed by atoms with Crippen LogP contribution in [0, 0.1) is 5.92 Å². The molecule has 1 saturated heterocycles. The van der Waals surface area contributed by atoms with Gasteiger partial charge >= 0.3 is 12.0 Å². The summed E-state index contributed by atoms with van der Waals surface area (Å²) in [6, 6.07) is 7.05. The van der Waals surface area contributed by atoms with Crippen LogP contribution in [0.15, 0.2) is 24.3 Å². The minimum absolute atomic E-state index is 0.0124. The van der Waals surface area contributed by atoms with E-state index < -0.39 is 11.9 Å². The number of carboxylic acids is 1. The minimum atomic E-state index is -0.849. The van der Waals surface area contributed by atoms with E-state index in [-0.39, 0.29) is 18.5 Å². The number of nitrogens with zero attached hydrogens (tertiary/aromatic N) is 1. The van der Waals surface area contributed by atoms with Crippen LogP contribution >= 0.6 is 0 Å². The Morgan fingerprint density at radius 2 is 1.96 bits per heavy atom. The zero-order valence-corrected chi connectivity index (χ0v) is 14.5. The molecule has 3 N–H and O–H groups in total. The Labute approximate surface area is 147 Å². The number of hydrogen-bond donors (Lipinski definition) is 3. The normalized spacial score (nSPS) is 17.0. The molecule has 136 valence electrons. The van der Waals surface area contributed by atoms with Gasteiger partial charge in [-0.3, -0.25) is 9.59 Å². The maximum absolute atomic E-state index is 12.2. The molecule has 3 amide bonds. The van der Waals surface area contributed by atoms with Gasteiger partial charge in [-0.25, -0.2) is 4.79 Å². The van der Waals surface area contributed by atoms with Crippen molar-refractivity contribution in [3.63, 3.8) is 0 Å². The Morgan fingerprint density at radius 3 is 2.60 bits per heavy atom.